The second kappa shape index (κ2) is 5.12. The summed E-state index contributed by atoms with van der Waals surface area (Å²) in [5, 5.41) is 6.99. The number of carbonyl (C=O) groups is 1. The summed E-state index contributed by atoms with van der Waals surface area (Å²) in [6.07, 6.45) is 3.46. The third-order valence-electron chi connectivity index (χ3n) is 3.01. The van der Waals surface area contributed by atoms with E-state index in [1.54, 1.807) is 6.07 Å². The third kappa shape index (κ3) is 2.24. The number of piperidine rings is 1. The van der Waals surface area contributed by atoms with Crippen molar-refractivity contribution < 1.29 is 9.32 Å². The van der Waals surface area contributed by atoms with E-state index in [0.717, 1.165) is 32.5 Å². The van der Waals surface area contributed by atoms with E-state index in [1.807, 2.05) is 11.8 Å². The number of hydrogen-bond acceptors (Lipinski definition) is 4. The lowest BCUT2D eigenvalue weighted by Gasteiger charge is -2.33. The van der Waals surface area contributed by atoms with Crippen LogP contribution in [0.1, 0.15) is 30.3 Å². The van der Waals surface area contributed by atoms with E-state index in [9.17, 15) is 4.79 Å². The van der Waals surface area contributed by atoms with Crippen molar-refractivity contribution in [2.75, 3.05) is 19.6 Å². The van der Waals surface area contributed by atoms with Gasteiger partial charge in [0.2, 0.25) is 0 Å². The first-order chi connectivity index (χ1) is 7.83. The van der Waals surface area contributed by atoms with Gasteiger partial charge in [0.15, 0.2) is 5.69 Å². The Kier molecular flexibility index (Phi) is 3.56. The largest absolute Gasteiger partial charge is 0.364 e. The van der Waals surface area contributed by atoms with Crippen molar-refractivity contribution >= 4 is 5.91 Å². The van der Waals surface area contributed by atoms with Gasteiger partial charge in [-0.1, -0.05) is 5.16 Å². The first kappa shape index (κ1) is 11.1. The van der Waals surface area contributed by atoms with Crippen LogP contribution in [0.25, 0.3) is 0 Å². The molecule has 0 unspecified atom stereocenters. The van der Waals surface area contributed by atoms with E-state index in [4.69, 9.17) is 4.52 Å². The Morgan fingerprint density at radius 3 is 2.94 bits per heavy atom. The normalized spacial score (nSPS) is 17.3. The van der Waals surface area contributed by atoms with Crippen molar-refractivity contribution in [2.45, 2.75) is 25.8 Å². The second-order valence-electron chi connectivity index (χ2n) is 3.96. The van der Waals surface area contributed by atoms with Gasteiger partial charge in [0.05, 0.1) is 0 Å². The Morgan fingerprint density at radius 1 is 1.62 bits per heavy atom. The van der Waals surface area contributed by atoms with Gasteiger partial charge in [-0.05, 0) is 32.9 Å². The van der Waals surface area contributed by atoms with Crippen LogP contribution in [0.15, 0.2) is 16.9 Å². The monoisotopic (exact) mass is 223 g/mol. The lowest BCUT2D eigenvalue weighted by atomic mass is 10.0. The summed E-state index contributed by atoms with van der Waals surface area (Å²) in [6.45, 7) is 4.68. The Balaban J connectivity index is 2.06. The van der Waals surface area contributed by atoms with Crippen LogP contribution < -0.4 is 5.32 Å². The van der Waals surface area contributed by atoms with Crippen molar-refractivity contribution in [3.05, 3.63) is 18.0 Å². The molecular formula is C11H17N3O2. The molecule has 88 valence electrons. The quantitative estimate of drug-likeness (QED) is 0.826. The maximum Gasteiger partial charge on any atom is 0.276 e. The molecule has 2 rings (SSSR count). The highest BCUT2D eigenvalue weighted by molar-refractivity contribution is 5.92. The maximum atomic E-state index is 12.1. The molecule has 0 bridgehead atoms. The topological polar surface area (TPSA) is 58.4 Å². The molecule has 0 aliphatic carbocycles. The fraction of sp³-hybridized carbons (Fsp3) is 0.636. The van der Waals surface area contributed by atoms with Crippen molar-refractivity contribution in [1.29, 1.82) is 0 Å². The molecule has 0 atom stereocenters. The predicted molar refractivity (Wildman–Crippen MR) is 59.1 cm³/mol. The van der Waals surface area contributed by atoms with Gasteiger partial charge in [-0.25, -0.2) is 0 Å². The van der Waals surface area contributed by atoms with Crippen molar-refractivity contribution in [2.24, 2.45) is 0 Å². The predicted octanol–water partition coefficient (Wildman–Crippen LogP) is 0.889. The Bertz CT molecular complexity index is 331. The standard InChI is InChI=1S/C11H17N3O2/c1-2-14(9-3-6-12-7-4-9)11(15)10-5-8-16-13-10/h5,8-9,12H,2-4,6-7H2,1H3. The lowest BCUT2D eigenvalue weighted by Crippen LogP contribution is -2.46. The van der Waals surface area contributed by atoms with Gasteiger partial charge in [0, 0.05) is 18.7 Å². The summed E-state index contributed by atoms with van der Waals surface area (Å²) >= 11 is 0. The molecule has 2 heterocycles. The van der Waals surface area contributed by atoms with Crippen molar-refractivity contribution in [3.63, 3.8) is 0 Å². The molecule has 1 aromatic heterocycles. The van der Waals surface area contributed by atoms with Crippen LogP contribution in [0, 0.1) is 0 Å². The second-order valence-corrected chi connectivity index (χ2v) is 3.96. The molecule has 0 radical (unpaired) electrons. The average Bonchev–Trinajstić information content (AvgIpc) is 2.85. The Morgan fingerprint density at radius 2 is 2.38 bits per heavy atom. The van der Waals surface area contributed by atoms with Gasteiger partial charge in [-0.15, -0.1) is 0 Å². The molecule has 16 heavy (non-hydrogen) atoms. The highest BCUT2D eigenvalue weighted by Gasteiger charge is 2.26. The van der Waals surface area contributed by atoms with Gasteiger partial charge < -0.3 is 14.7 Å². The molecule has 1 fully saturated rings. The number of aromatic nitrogens is 1. The molecule has 1 aromatic rings. The molecule has 0 aromatic carbocycles. The molecule has 1 aliphatic rings. The first-order valence-corrected chi connectivity index (χ1v) is 5.75. The van der Waals surface area contributed by atoms with Crippen LogP contribution in [0.4, 0.5) is 0 Å². The summed E-state index contributed by atoms with van der Waals surface area (Å²) < 4.78 is 4.71. The van der Waals surface area contributed by atoms with E-state index in [1.165, 1.54) is 6.26 Å². The summed E-state index contributed by atoms with van der Waals surface area (Å²) in [4.78, 5) is 14.0. The zero-order valence-corrected chi connectivity index (χ0v) is 9.48. The molecule has 5 nitrogen and oxygen atoms in total. The van der Waals surface area contributed by atoms with Crippen LogP contribution >= 0.6 is 0 Å². The zero-order chi connectivity index (χ0) is 11.4. The molecule has 0 saturated carbocycles. The van der Waals surface area contributed by atoms with E-state index < -0.39 is 0 Å². The molecule has 1 amide bonds. The molecular weight excluding hydrogens is 206 g/mol. The summed E-state index contributed by atoms with van der Waals surface area (Å²) in [7, 11) is 0. The summed E-state index contributed by atoms with van der Waals surface area (Å²) in [6, 6.07) is 1.95. The number of rotatable bonds is 3. The van der Waals surface area contributed by atoms with E-state index in [-0.39, 0.29) is 5.91 Å². The summed E-state index contributed by atoms with van der Waals surface area (Å²) in [5.74, 6) is -0.0249. The van der Waals surface area contributed by atoms with Crippen LogP contribution in [0.3, 0.4) is 0 Å². The number of amides is 1. The highest BCUT2D eigenvalue weighted by atomic mass is 16.5. The molecule has 0 spiro atoms. The van der Waals surface area contributed by atoms with Crippen LogP contribution in [0.5, 0.6) is 0 Å². The Hall–Kier alpha value is -1.36. The van der Waals surface area contributed by atoms with E-state index >= 15 is 0 Å². The van der Waals surface area contributed by atoms with Crippen LogP contribution in [0.2, 0.25) is 0 Å². The minimum Gasteiger partial charge on any atom is -0.364 e. The zero-order valence-electron chi connectivity index (χ0n) is 9.48. The number of nitrogens with zero attached hydrogens (tertiary/aromatic N) is 2. The summed E-state index contributed by atoms with van der Waals surface area (Å²) in [5.41, 5.74) is 0.403. The highest BCUT2D eigenvalue weighted by Crippen LogP contribution is 2.14. The third-order valence-corrected chi connectivity index (χ3v) is 3.01. The van der Waals surface area contributed by atoms with Gasteiger partial charge in [0.25, 0.3) is 5.91 Å². The van der Waals surface area contributed by atoms with Crippen LogP contribution in [-0.4, -0.2) is 41.6 Å². The molecule has 5 heteroatoms. The number of hydrogen-bond donors (Lipinski definition) is 1. The van der Waals surface area contributed by atoms with Crippen molar-refractivity contribution in [3.8, 4) is 0 Å². The SMILES string of the molecule is CCN(C(=O)c1ccon1)C1CCNCC1. The van der Waals surface area contributed by atoms with Crippen molar-refractivity contribution in [1.82, 2.24) is 15.4 Å². The van der Waals surface area contributed by atoms with E-state index in [0.29, 0.717) is 11.7 Å². The first-order valence-electron chi connectivity index (χ1n) is 5.75. The number of nitrogens with one attached hydrogen (secondary N) is 1. The lowest BCUT2D eigenvalue weighted by molar-refractivity contribution is 0.0645. The Labute approximate surface area is 94.8 Å². The number of carbonyl (C=O) groups excluding carboxylic acids is 1. The van der Waals surface area contributed by atoms with Gasteiger partial charge >= 0.3 is 0 Å². The minimum absolute atomic E-state index is 0.0249. The van der Waals surface area contributed by atoms with E-state index in [2.05, 4.69) is 10.5 Å². The van der Waals surface area contributed by atoms with Gasteiger partial charge in [-0.2, -0.15) is 0 Å². The van der Waals surface area contributed by atoms with Gasteiger partial charge in [0.1, 0.15) is 6.26 Å². The molecule has 1 saturated heterocycles. The molecule has 1 aliphatic heterocycles. The maximum absolute atomic E-state index is 12.1. The molecule has 1 N–H and O–H groups in total. The fourth-order valence-corrected chi connectivity index (χ4v) is 2.16. The van der Waals surface area contributed by atoms with Gasteiger partial charge in [-0.3, -0.25) is 4.79 Å². The fourth-order valence-electron chi connectivity index (χ4n) is 2.16. The van der Waals surface area contributed by atoms with Crippen LogP contribution in [-0.2, 0) is 0 Å². The minimum atomic E-state index is -0.0249. The average molecular weight is 223 g/mol. The smallest absolute Gasteiger partial charge is 0.276 e.